The van der Waals surface area contributed by atoms with E-state index in [1.54, 1.807) is 0 Å². The van der Waals surface area contributed by atoms with E-state index in [-0.39, 0.29) is 5.75 Å². The fourth-order valence-corrected chi connectivity index (χ4v) is 2.70. The van der Waals surface area contributed by atoms with E-state index < -0.39 is 10.0 Å². The van der Waals surface area contributed by atoms with Gasteiger partial charge in [-0.25, -0.2) is 13.1 Å². The van der Waals surface area contributed by atoms with E-state index >= 15 is 0 Å². The van der Waals surface area contributed by atoms with Gasteiger partial charge in [0.25, 0.3) is 0 Å². The summed E-state index contributed by atoms with van der Waals surface area (Å²) in [5.74, 6) is 0.257. The Kier molecular flexibility index (Phi) is 10.9. The average molecular weight is 264 g/mol. The van der Waals surface area contributed by atoms with Crippen LogP contribution in [-0.4, -0.2) is 33.8 Å². The topological polar surface area (TPSA) is 58.2 Å². The van der Waals surface area contributed by atoms with E-state index in [0.29, 0.717) is 6.54 Å². The molecule has 0 rings (SSSR count). The molecule has 0 spiro atoms. The van der Waals surface area contributed by atoms with Crippen LogP contribution in [0.15, 0.2) is 0 Å². The molecule has 4 nitrogen and oxygen atoms in total. The summed E-state index contributed by atoms with van der Waals surface area (Å²) in [6, 6.07) is 0. The molecule has 0 saturated heterocycles. The summed E-state index contributed by atoms with van der Waals surface area (Å²) in [4.78, 5) is 0. The maximum Gasteiger partial charge on any atom is 0.211 e. The second kappa shape index (κ2) is 11.0. The van der Waals surface area contributed by atoms with Crippen LogP contribution in [0, 0.1) is 0 Å². The summed E-state index contributed by atoms with van der Waals surface area (Å²) in [7, 11) is -3.03. The lowest BCUT2D eigenvalue weighted by Gasteiger charge is -2.06. The third kappa shape index (κ3) is 12.1. The molecule has 0 unspecified atom stereocenters. The standard InChI is InChI=1S/C12H28N2O2S/c1-3-5-6-11-14-17(15,16)12-8-7-10-13-9-4-2/h13-14H,3-12H2,1-2H3. The summed E-state index contributed by atoms with van der Waals surface area (Å²) in [5, 5.41) is 3.27. The molecule has 0 amide bonds. The summed E-state index contributed by atoms with van der Waals surface area (Å²) >= 11 is 0. The second-order valence-electron chi connectivity index (χ2n) is 4.38. The SMILES string of the molecule is CCCCCNS(=O)(=O)CCCCNCCC. The second-order valence-corrected chi connectivity index (χ2v) is 6.30. The van der Waals surface area contributed by atoms with Gasteiger partial charge in [-0.2, -0.15) is 0 Å². The molecule has 0 aromatic heterocycles. The predicted octanol–water partition coefficient (Wildman–Crippen LogP) is 1.88. The van der Waals surface area contributed by atoms with Crippen molar-refractivity contribution in [3.05, 3.63) is 0 Å². The van der Waals surface area contributed by atoms with Gasteiger partial charge in [0.2, 0.25) is 10.0 Å². The molecule has 0 aliphatic carbocycles. The number of hydrogen-bond donors (Lipinski definition) is 2. The molecule has 17 heavy (non-hydrogen) atoms. The van der Waals surface area contributed by atoms with E-state index in [9.17, 15) is 8.42 Å². The number of nitrogens with one attached hydrogen (secondary N) is 2. The van der Waals surface area contributed by atoms with E-state index in [4.69, 9.17) is 0 Å². The number of unbranched alkanes of at least 4 members (excludes halogenated alkanes) is 3. The van der Waals surface area contributed by atoms with Crippen LogP contribution >= 0.6 is 0 Å². The zero-order valence-corrected chi connectivity index (χ0v) is 12.1. The molecule has 0 aromatic rings. The number of sulfonamides is 1. The Bertz CT molecular complexity index is 253. The Morgan fingerprint density at radius 3 is 2.18 bits per heavy atom. The van der Waals surface area contributed by atoms with Gasteiger partial charge in [-0.05, 0) is 38.8 Å². The lowest BCUT2D eigenvalue weighted by molar-refractivity contribution is 0.568. The van der Waals surface area contributed by atoms with Crippen molar-refractivity contribution in [2.24, 2.45) is 0 Å². The third-order valence-corrected chi connectivity index (χ3v) is 4.02. The van der Waals surface area contributed by atoms with Crippen LogP contribution in [0.3, 0.4) is 0 Å². The van der Waals surface area contributed by atoms with Gasteiger partial charge < -0.3 is 5.32 Å². The van der Waals surface area contributed by atoms with Crippen LogP contribution in [-0.2, 0) is 10.0 Å². The Balaban J connectivity index is 3.44. The van der Waals surface area contributed by atoms with Crippen LogP contribution in [0.4, 0.5) is 0 Å². The lowest BCUT2D eigenvalue weighted by atomic mass is 10.3. The fraction of sp³-hybridized carbons (Fsp3) is 1.00. The molecule has 0 saturated carbocycles. The summed E-state index contributed by atoms with van der Waals surface area (Å²) in [6.07, 6.45) is 5.93. The van der Waals surface area contributed by atoms with Gasteiger partial charge in [0.15, 0.2) is 0 Å². The Hall–Kier alpha value is -0.130. The van der Waals surface area contributed by atoms with Crippen LogP contribution in [0.1, 0.15) is 52.4 Å². The van der Waals surface area contributed by atoms with E-state index in [1.165, 1.54) is 0 Å². The molecule has 0 aliphatic heterocycles. The van der Waals surface area contributed by atoms with Crippen LogP contribution in [0.5, 0.6) is 0 Å². The molecule has 0 aliphatic rings. The highest BCUT2D eigenvalue weighted by molar-refractivity contribution is 7.89. The molecule has 0 fully saturated rings. The van der Waals surface area contributed by atoms with Gasteiger partial charge in [0, 0.05) is 6.54 Å². The van der Waals surface area contributed by atoms with Crippen molar-refractivity contribution in [2.45, 2.75) is 52.4 Å². The minimum atomic E-state index is -3.03. The van der Waals surface area contributed by atoms with Gasteiger partial charge in [0.1, 0.15) is 0 Å². The van der Waals surface area contributed by atoms with Crippen LogP contribution in [0.25, 0.3) is 0 Å². The average Bonchev–Trinajstić information content (AvgIpc) is 2.29. The highest BCUT2D eigenvalue weighted by atomic mass is 32.2. The molecule has 0 atom stereocenters. The van der Waals surface area contributed by atoms with E-state index in [0.717, 1.165) is 51.6 Å². The molecule has 0 bridgehead atoms. The van der Waals surface area contributed by atoms with Gasteiger partial charge in [-0.3, -0.25) is 0 Å². The first-order chi connectivity index (χ1) is 8.12. The van der Waals surface area contributed by atoms with Crippen molar-refractivity contribution >= 4 is 10.0 Å². The van der Waals surface area contributed by atoms with Crippen molar-refractivity contribution in [2.75, 3.05) is 25.4 Å². The van der Waals surface area contributed by atoms with E-state index in [2.05, 4.69) is 23.9 Å². The maximum absolute atomic E-state index is 11.6. The first-order valence-electron chi connectivity index (χ1n) is 6.80. The third-order valence-electron chi connectivity index (χ3n) is 2.55. The molecule has 0 aromatic carbocycles. The smallest absolute Gasteiger partial charge is 0.211 e. The van der Waals surface area contributed by atoms with Gasteiger partial charge in [-0.15, -0.1) is 0 Å². The summed E-state index contributed by atoms with van der Waals surface area (Å²) in [6.45, 7) is 6.75. The Morgan fingerprint density at radius 2 is 1.53 bits per heavy atom. The minimum absolute atomic E-state index is 0.257. The van der Waals surface area contributed by atoms with Gasteiger partial charge >= 0.3 is 0 Å². The zero-order valence-electron chi connectivity index (χ0n) is 11.3. The number of rotatable bonds is 12. The maximum atomic E-state index is 11.6. The normalized spacial score (nSPS) is 11.9. The van der Waals surface area contributed by atoms with Crippen LogP contribution in [0.2, 0.25) is 0 Å². The molecular weight excluding hydrogens is 236 g/mol. The molecule has 0 heterocycles. The summed E-state index contributed by atoms with van der Waals surface area (Å²) in [5.41, 5.74) is 0. The summed E-state index contributed by atoms with van der Waals surface area (Å²) < 4.78 is 25.7. The first kappa shape index (κ1) is 16.9. The Labute approximate surface area is 107 Å². The van der Waals surface area contributed by atoms with E-state index in [1.807, 2.05) is 0 Å². The predicted molar refractivity (Wildman–Crippen MR) is 73.7 cm³/mol. The highest BCUT2D eigenvalue weighted by Gasteiger charge is 2.08. The van der Waals surface area contributed by atoms with Crippen molar-refractivity contribution in [1.29, 1.82) is 0 Å². The minimum Gasteiger partial charge on any atom is -0.317 e. The monoisotopic (exact) mass is 264 g/mol. The molecular formula is C12H28N2O2S. The lowest BCUT2D eigenvalue weighted by Crippen LogP contribution is -2.27. The molecule has 104 valence electrons. The largest absolute Gasteiger partial charge is 0.317 e. The van der Waals surface area contributed by atoms with Crippen molar-refractivity contribution in [3.8, 4) is 0 Å². The molecule has 0 radical (unpaired) electrons. The van der Waals surface area contributed by atoms with Crippen molar-refractivity contribution in [3.63, 3.8) is 0 Å². The number of hydrogen-bond acceptors (Lipinski definition) is 3. The molecule has 2 N–H and O–H groups in total. The fourth-order valence-electron chi connectivity index (χ4n) is 1.52. The Morgan fingerprint density at radius 1 is 0.824 bits per heavy atom. The zero-order chi connectivity index (χ0) is 13.0. The highest BCUT2D eigenvalue weighted by Crippen LogP contribution is 1.96. The van der Waals surface area contributed by atoms with Gasteiger partial charge in [0.05, 0.1) is 5.75 Å². The molecule has 5 heteroatoms. The first-order valence-corrected chi connectivity index (χ1v) is 8.45. The van der Waals surface area contributed by atoms with Crippen LogP contribution < -0.4 is 10.0 Å². The van der Waals surface area contributed by atoms with Crippen molar-refractivity contribution < 1.29 is 8.42 Å². The quantitative estimate of drug-likeness (QED) is 0.529. The van der Waals surface area contributed by atoms with Gasteiger partial charge in [-0.1, -0.05) is 26.7 Å². The van der Waals surface area contributed by atoms with Crippen molar-refractivity contribution in [1.82, 2.24) is 10.0 Å².